The van der Waals surface area contributed by atoms with Crippen LogP contribution in [0.3, 0.4) is 0 Å². The van der Waals surface area contributed by atoms with Crippen LogP contribution in [0.2, 0.25) is 0 Å². The van der Waals surface area contributed by atoms with Gasteiger partial charge in [0.05, 0.1) is 5.25 Å². The second-order valence-corrected chi connectivity index (χ2v) is 6.67. The van der Waals surface area contributed by atoms with Gasteiger partial charge in [0.15, 0.2) is 12.4 Å². The summed E-state index contributed by atoms with van der Waals surface area (Å²) in [5, 5.41) is 10.8. The van der Waals surface area contributed by atoms with Crippen molar-refractivity contribution in [1.82, 2.24) is 5.32 Å². The Hall–Kier alpha value is -2.80. The highest BCUT2D eigenvalue weighted by Crippen LogP contribution is 2.24. The third kappa shape index (κ3) is 4.39. The number of carbonyl (C=O) groups is 3. The average molecular weight is 357 g/mol. The average Bonchev–Trinajstić information content (AvgIpc) is 2.92. The summed E-state index contributed by atoms with van der Waals surface area (Å²) in [6.07, 6.45) is 0.453. The standard InChI is InChI=1S/C18H15NO5S/c20-13-5-3-12(4-6-13)15(21)10-24-14-7-1-11(2-8-14)9-16-17(22)19-18(23)25-16/h1-8,16,20H,9-10H2,(H,19,22,23). The number of benzene rings is 2. The van der Waals surface area contributed by atoms with Crippen molar-refractivity contribution >= 4 is 28.7 Å². The molecule has 0 bridgehead atoms. The van der Waals surface area contributed by atoms with E-state index in [4.69, 9.17) is 4.74 Å². The van der Waals surface area contributed by atoms with E-state index < -0.39 is 5.25 Å². The number of Topliss-reactive ketones (excluding diaryl/α,β-unsaturated/α-hetero) is 1. The van der Waals surface area contributed by atoms with E-state index in [0.29, 0.717) is 17.7 Å². The van der Waals surface area contributed by atoms with Gasteiger partial charge in [0.25, 0.3) is 5.24 Å². The van der Waals surface area contributed by atoms with Crippen molar-refractivity contribution in [1.29, 1.82) is 0 Å². The second-order valence-electron chi connectivity index (χ2n) is 5.49. The molecule has 1 aliphatic rings. The van der Waals surface area contributed by atoms with Crippen LogP contribution in [0.4, 0.5) is 4.79 Å². The number of ether oxygens (including phenoxy) is 1. The first-order valence-corrected chi connectivity index (χ1v) is 8.45. The Bertz CT molecular complexity index is 801. The third-order valence-corrected chi connectivity index (χ3v) is 4.65. The SMILES string of the molecule is O=C1NC(=O)C(Cc2ccc(OCC(=O)c3ccc(O)cc3)cc2)S1. The zero-order chi connectivity index (χ0) is 17.8. The number of rotatable bonds is 6. The van der Waals surface area contributed by atoms with Crippen molar-refractivity contribution in [3.05, 3.63) is 59.7 Å². The monoisotopic (exact) mass is 357 g/mol. The lowest BCUT2D eigenvalue weighted by Crippen LogP contribution is -2.25. The molecule has 1 aliphatic heterocycles. The zero-order valence-corrected chi connectivity index (χ0v) is 13.9. The number of nitrogens with one attached hydrogen (secondary N) is 1. The van der Waals surface area contributed by atoms with Crippen LogP contribution in [0.1, 0.15) is 15.9 Å². The molecule has 0 radical (unpaired) electrons. The number of phenols is 1. The minimum Gasteiger partial charge on any atom is -0.508 e. The predicted octanol–water partition coefficient (Wildman–Crippen LogP) is 2.55. The van der Waals surface area contributed by atoms with Gasteiger partial charge in [-0.2, -0.15) is 0 Å². The Labute approximate surface area is 148 Å². The Morgan fingerprint density at radius 3 is 2.36 bits per heavy atom. The van der Waals surface area contributed by atoms with E-state index in [1.807, 2.05) is 0 Å². The van der Waals surface area contributed by atoms with Gasteiger partial charge in [-0.05, 0) is 48.4 Å². The molecule has 0 spiro atoms. The Kier molecular flexibility index (Phi) is 5.04. The molecule has 1 unspecified atom stereocenters. The molecule has 2 N–H and O–H groups in total. The molecular weight excluding hydrogens is 342 g/mol. The minimum atomic E-state index is -0.407. The summed E-state index contributed by atoms with van der Waals surface area (Å²) in [5.74, 6) is 0.177. The van der Waals surface area contributed by atoms with Crippen LogP contribution in [0, 0.1) is 0 Å². The lowest BCUT2D eigenvalue weighted by molar-refractivity contribution is -0.118. The predicted molar refractivity (Wildman–Crippen MR) is 93.0 cm³/mol. The lowest BCUT2D eigenvalue weighted by Gasteiger charge is -2.08. The highest BCUT2D eigenvalue weighted by molar-refractivity contribution is 8.15. The lowest BCUT2D eigenvalue weighted by atomic mass is 10.1. The van der Waals surface area contributed by atoms with Crippen LogP contribution in [-0.4, -0.2) is 33.9 Å². The summed E-state index contributed by atoms with van der Waals surface area (Å²) in [6, 6.07) is 13.0. The van der Waals surface area contributed by atoms with Gasteiger partial charge in [-0.3, -0.25) is 19.7 Å². The number of amides is 2. The van der Waals surface area contributed by atoms with Crippen molar-refractivity contribution in [2.45, 2.75) is 11.7 Å². The maximum Gasteiger partial charge on any atom is 0.286 e. The summed E-state index contributed by atoms with van der Waals surface area (Å²) in [4.78, 5) is 34.7. The Morgan fingerprint density at radius 2 is 1.76 bits per heavy atom. The summed E-state index contributed by atoms with van der Waals surface area (Å²) >= 11 is 0.992. The smallest absolute Gasteiger partial charge is 0.286 e. The Morgan fingerprint density at radius 1 is 1.08 bits per heavy atom. The molecule has 0 saturated carbocycles. The van der Waals surface area contributed by atoms with Crippen molar-refractivity contribution in [3.8, 4) is 11.5 Å². The molecule has 0 aliphatic carbocycles. The van der Waals surface area contributed by atoms with Gasteiger partial charge in [-0.25, -0.2) is 0 Å². The fourth-order valence-electron chi connectivity index (χ4n) is 2.34. The van der Waals surface area contributed by atoms with Crippen molar-refractivity contribution < 1.29 is 24.2 Å². The molecule has 2 aromatic carbocycles. The fourth-order valence-corrected chi connectivity index (χ4v) is 3.20. The summed E-state index contributed by atoms with van der Waals surface area (Å²) in [6.45, 7) is -0.112. The molecule has 2 aromatic rings. The van der Waals surface area contributed by atoms with E-state index >= 15 is 0 Å². The second kappa shape index (κ2) is 7.40. The molecule has 1 atom stereocenters. The number of aromatic hydroxyl groups is 1. The van der Waals surface area contributed by atoms with Gasteiger partial charge in [0.1, 0.15) is 11.5 Å². The molecule has 6 nitrogen and oxygen atoms in total. The topological polar surface area (TPSA) is 92.7 Å². The first-order valence-electron chi connectivity index (χ1n) is 7.57. The Balaban J connectivity index is 1.54. The van der Waals surface area contributed by atoms with E-state index in [1.165, 1.54) is 24.3 Å². The van der Waals surface area contributed by atoms with E-state index in [0.717, 1.165) is 17.3 Å². The van der Waals surface area contributed by atoms with Crippen LogP contribution in [0.15, 0.2) is 48.5 Å². The van der Waals surface area contributed by atoms with Gasteiger partial charge in [0, 0.05) is 5.56 Å². The number of hydrogen-bond donors (Lipinski definition) is 2. The van der Waals surface area contributed by atoms with E-state index in [9.17, 15) is 19.5 Å². The van der Waals surface area contributed by atoms with Gasteiger partial charge in [-0.15, -0.1) is 0 Å². The summed E-state index contributed by atoms with van der Waals surface area (Å²) in [7, 11) is 0. The summed E-state index contributed by atoms with van der Waals surface area (Å²) in [5.41, 5.74) is 1.36. The number of carbonyl (C=O) groups excluding carboxylic acids is 3. The van der Waals surface area contributed by atoms with Crippen molar-refractivity contribution in [2.24, 2.45) is 0 Å². The normalized spacial score (nSPS) is 16.6. The summed E-state index contributed by atoms with van der Waals surface area (Å²) < 4.78 is 5.46. The molecular formula is C18H15NO5S. The third-order valence-electron chi connectivity index (χ3n) is 3.67. The molecule has 1 saturated heterocycles. The van der Waals surface area contributed by atoms with Crippen LogP contribution < -0.4 is 10.1 Å². The zero-order valence-electron chi connectivity index (χ0n) is 13.1. The largest absolute Gasteiger partial charge is 0.508 e. The number of hydrogen-bond acceptors (Lipinski definition) is 6. The maximum absolute atomic E-state index is 12.0. The molecule has 25 heavy (non-hydrogen) atoms. The quantitative estimate of drug-likeness (QED) is 0.772. The van der Waals surface area contributed by atoms with Crippen LogP contribution in [-0.2, 0) is 11.2 Å². The highest BCUT2D eigenvalue weighted by atomic mass is 32.2. The number of thioether (sulfide) groups is 1. The molecule has 1 fully saturated rings. The number of phenolic OH excluding ortho intramolecular Hbond substituents is 1. The highest BCUT2D eigenvalue weighted by Gasteiger charge is 2.31. The first kappa shape index (κ1) is 17.0. The molecule has 3 rings (SSSR count). The van der Waals surface area contributed by atoms with Crippen LogP contribution in [0.5, 0.6) is 11.5 Å². The molecule has 1 heterocycles. The molecule has 2 amide bonds. The van der Waals surface area contributed by atoms with Crippen molar-refractivity contribution in [3.63, 3.8) is 0 Å². The number of ketones is 1. The van der Waals surface area contributed by atoms with Gasteiger partial charge in [0.2, 0.25) is 5.91 Å². The van der Waals surface area contributed by atoms with E-state index in [1.54, 1.807) is 24.3 Å². The maximum atomic E-state index is 12.0. The van der Waals surface area contributed by atoms with Crippen LogP contribution in [0.25, 0.3) is 0 Å². The molecule has 0 aromatic heterocycles. The molecule has 128 valence electrons. The molecule has 7 heteroatoms. The van der Waals surface area contributed by atoms with Crippen molar-refractivity contribution in [2.75, 3.05) is 6.61 Å². The minimum absolute atomic E-state index is 0.101. The first-order chi connectivity index (χ1) is 12.0. The van der Waals surface area contributed by atoms with Gasteiger partial charge >= 0.3 is 0 Å². The van der Waals surface area contributed by atoms with Gasteiger partial charge in [-0.1, -0.05) is 23.9 Å². The van der Waals surface area contributed by atoms with Gasteiger partial charge < -0.3 is 9.84 Å². The van der Waals surface area contributed by atoms with Crippen LogP contribution >= 0.6 is 11.8 Å². The fraction of sp³-hybridized carbons (Fsp3) is 0.167. The van der Waals surface area contributed by atoms with E-state index in [-0.39, 0.29) is 29.3 Å². The number of imide groups is 1. The van der Waals surface area contributed by atoms with E-state index in [2.05, 4.69) is 5.32 Å².